The molecule has 2 rings (SSSR count). The van der Waals surface area contributed by atoms with Gasteiger partial charge in [0, 0.05) is 17.1 Å². The van der Waals surface area contributed by atoms with E-state index < -0.39 is 12.0 Å². The second-order valence-electron chi connectivity index (χ2n) is 4.65. The summed E-state index contributed by atoms with van der Waals surface area (Å²) in [5.41, 5.74) is 0.862. The maximum atomic E-state index is 13.0. The molecule has 0 aromatic heterocycles. The Morgan fingerprint density at radius 3 is 2.95 bits per heavy atom. The average Bonchev–Trinajstić information content (AvgIpc) is 2.34. The fourth-order valence-corrected chi connectivity index (χ4v) is 2.65. The predicted molar refractivity (Wildman–Crippen MR) is 71.3 cm³/mol. The highest BCUT2D eigenvalue weighted by Crippen LogP contribution is 2.23. The monoisotopic (exact) mass is 331 g/mol. The van der Waals surface area contributed by atoms with E-state index in [4.69, 9.17) is 4.74 Å². The van der Waals surface area contributed by atoms with Crippen LogP contribution in [0.1, 0.15) is 12.5 Å². The van der Waals surface area contributed by atoms with Crippen molar-refractivity contribution in [2.75, 3.05) is 13.2 Å². The number of morpholine rings is 1. The Morgan fingerprint density at radius 1 is 1.58 bits per heavy atom. The molecule has 0 radical (unpaired) electrons. The summed E-state index contributed by atoms with van der Waals surface area (Å²) in [5.74, 6) is -1.22. The molecule has 1 fully saturated rings. The molecule has 1 aromatic rings. The molecule has 1 saturated heterocycles. The topological polar surface area (TPSA) is 49.8 Å². The van der Waals surface area contributed by atoms with Gasteiger partial charge in [0.1, 0.15) is 11.9 Å². The van der Waals surface area contributed by atoms with E-state index in [0.717, 1.165) is 5.56 Å². The molecule has 1 aromatic carbocycles. The number of carbonyl (C=O) groups is 1. The van der Waals surface area contributed by atoms with Crippen LogP contribution in [0.5, 0.6) is 0 Å². The lowest BCUT2D eigenvalue weighted by Gasteiger charge is -2.38. The van der Waals surface area contributed by atoms with E-state index in [-0.39, 0.29) is 18.5 Å². The zero-order valence-corrected chi connectivity index (χ0v) is 12.1. The lowest BCUT2D eigenvalue weighted by Crippen LogP contribution is -2.53. The molecule has 1 aliphatic rings. The van der Waals surface area contributed by atoms with Crippen LogP contribution in [-0.4, -0.2) is 41.3 Å². The number of nitrogens with zero attached hydrogens (tertiary/aromatic N) is 1. The van der Waals surface area contributed by atoms with Gasteiger partial charge in [-0.15, -0.1) is 0 Å². The molecule has 6 heteroatoms. The Kier molecular flexibility index (Phi) is 4.54. The molecule has 0 spiro atoms. The summed E-state index contributed by atoms with van der Waals surface area (Å²) in [7, 11) is 0. The minimum absolute atomic E-state index is 0.00630. The number of carboxylic acids is 1. The van der Waals surface area contributed by atoms with Crippen molar-refractivity contribution in [1.29, 1.82) is 0 Å². The van der Waals surface area contributed by atoms with Gasteiger partial charge in [0.2, 0.25) is 0 Å². The Labute approximate surface area is 119 Å². The minimum Gasteiger partial charge on any atom is -0.480 e. The van der Waals surface area contributed by atoms with Crippen molar-refractivity contribution >= 4 is 21.9 Å². The van der Waals surface area contributed by atoms with E-state index in [0.29, 0.717) is 17.6 Å². The largest absolute Gasteiger partial charge is 0.480 e. The minimum atomic E-state index is -0.898. The lowest BCUT2D eigenvalue weighted by molar-refractivity contribution is -0.153. The summed E-state index contributed by atoms with van der Waals surface area (Å²) in [6.07, 6.45) is 0. The van der Waals surface area contributed by atoms with Gasteiger partial charge in [0.25, 0.3) is 0 Å². The zero-order chi connectivity index (χ0) is 14.0. The van der Waals surface area contributed by atoms with Crippen molar-refractivity contribution in [2.24, 2.45) is 0 Å². The molecule has 0 unspecified atom stereocenters. The molecular formula is C13H15BrFNO3. The van der Waals surface area contributed by atoms with Crippen molar-refractivity contribution in [3.8, 4) is 0 Å². The van der Waals surface area contributed by atoms with Gasteiger partial charge in [-0.05, 0) is 24.6 Å². The maximum Gasteiger partial charge on any atom is 0.323 e. The van der Waals surface area contributed by atoms with Crippen LogP contribution >= 0.6 is 15.9 Å². The first-order valence-corrected chi connectivity index (χ1v) is 6.78. The van der Waals surface area contributed by atoms with Crippen molar-refractivity contribution < 1.29 is 19.0 Å². The Bertz CT molecular complexity index is 483. The molecule has 1 heterocycles. The number of carboxylic acid groups (broad SMARTS) is 1. The summed E-state index contributed by atoms with van der Waals surface area (Å²) >= 11 is 3.31. The molecule has 104 valence electrons. The highest BCUT2D eigenvalue weighted by Gasteiger charge is 2.33. The first-order valence-electron chi connectivity index (χ1n) is 5.99. The summed E-state index contributed by atoms with van der Waals surface area (Å²) in [4.78, 5) is 13.1. The number of ether oxygens (including phenoxy) is 1. The second-order valence-corrected chi connectivity index (χ2v) is 5.50. The summed E-state index contributed by atoms with van der Waals surface area (Å²) in [6, 6.07) is 3.77. The van der Waals surface area contributed by atoms with Crippen LogP contribution in [0.4, 0.5) is 4.39 Å². The maximum absolute atomic E-state index is 13.0. The molecule has 2 atom stereocenters. The molecule has 0 saturated carbocycles. The third-order valence-corrected chi connectivity index (χ3v) is 3.99. The van der Waals surface area contributed by atoms with Crippen LogP contribution in [0.2, 0.25) is 0 Å². The summed E-state index contributed by atoms with van der Waals surface area (Å²) in [5, 5.41) is 9.22. The van der Waals surface area contributed by atoms with Crippen molar-refractivity contribution in [2.45, 2.75) is 25.6 Å². The van der Waals surface area contributed by atoms with Crippen LogP contribution < -0.4 is 0 Å². The normalized spacial score (nSPS) is 24.4. The van der Waals surface area contributed by atoms with Gasteiger partial charge in [-0.25, -0.2) is 4.39 Å². The molecule has 0 amide bonds. The van der Waals surface area contributed by atoms with Gasteiger partial charge in [-0.2, -0.15) is 0 Å². The first kappa shape index (κ1) is 14.4. The van der Waals surface area contributed by atoms with Crippen molar-refractivity contribution in [3.05, 3.63) is 34.1 Å². The van der Waals surface area contributed by atoms with Crippen molar-refractivity contribution in [3.63, 3.8) is 0 Å². The zero-order valence-electron chi connectivity index (χ0n) is 10.5. The first-order chi connectivity index (χ1) is 8.99. The number of hydrogen-bond donors (Lipinski definition) is 1. The van der Waals surface area contributed by atoms with Gasteiger partial charge in [0.05, 0.1) is 13.2 Å². The highest BCUT2D eigenvalue weighted by atomic mass is 79.9. The van der Waals surface area contributed by atoms with E-state index >= 15 is 0 Å². The molecule has 0 bridgehead atoms. The van der Waals surface area contributed by atoms with Crippen LogP contribution in [0.15, 0.2) is 22.7 Å². The van der Waals surface area contributed by atoms with Crippen LogP contribution in [0.25, 0.3) is 0 Å². The Morgan fingerprint density at radius 2 is 2.32 bits per heavy atom. The molecular weight excluding hydrogens is 317 g/mol. The fraction of sp³-hybridized carbons (Fsp3) is 0.462. The van der Waals surface area contributed by atoms with Crippen LogP contribution in [0, 0.1) is 5.82 Å². The Balaban J connectivity index is 2.20. The molecule has 1 aliphatic heterocycles. The predicted octanol–water partition coefficient (Wildman–Crippen LogP) is 2.26. The van der Waals surface area contributed by atoms with Crippen LogP contribution in [-0.2, 0) is 16.1 Å². The summed E-state index contributed by atoms with van der Waals surface area (Å²) < 4.78 is 19.0. The standard InChI is InChI=1S/C13H15BrFNO3/c1-8-6-19-7-12(13(17)18)16(8)5-9-2-3-10(15)4-11(9)14/h2-4,8,12H,5-7H2,1H3,(H,17,18)/t8-,12-/m1/s1. The van der Waals surface area contributed by atoms with Gasteiger partial charge in [0.15, 0.2) is 0 Å². The van der Waals surface area contributed by atoms with Gasteiger partial charge >= 0.3 is 5.97 Å². The number of aliphatic carboxylic acids is 1. The summed E-state index contributed by atoms with van der Waals surface area (Å²) in [6.45, 7) is 3.05. The number of benzene rings is 1. The van der Waals surface area contributed by atoms with E-state index in [1.807, 2.05) is 11.8 Å². The average molecular weight is 332 g/mol. The number of rotatable bonds is 3. The van der Waals surface area contributed by atoms with Crippen molar-refractivity contribution in [1.82, 2.24) is 4.90 Å². The lowest BCUT2D eigenvalue weighted by atomic mass is 10.1. The van der Waals surface area contributed by atoms with E-state index in [9.17, 15) is 14.3 Å². The van der Waals surface area contributed by atoms with E-state index in [1.165, 1.54) is 12.1 Å². The van der Waals surface area contributed by atoms with Crippen LogP contribution in [0.3, 0.4) is 0 Å². The molecule has 4 nitrogen and oxygen atoms in total. The Hall–Kier alpha value is -0.980. The fourth-order valence-electron chi connectivity index (χ4n) is 2.17. The second kappa shape index (κ2) is 5.98. The van der Waals surface area contributed by atoms with Gasteiger partial charge in [-0.1, -0.05) is 22.0 Å². The third kappa shape index (κ3) is 3.32. The molecule has 19 heavy (non-hydrogen) atoms. The van der Waals surface area contributed by atoms with E-state index in [1.54, 1.807) is 6.07 Å². The number of halogens is 2. The molecule has 1 N–H and O–H groups in total. The number of hydrogen-bond acceptors (Lipinski definition) is 3. The quantitative estimate of drug-likeness (QED) is 0.923. The third-order valence-electron chi connectivity index (χ3n) is 3.25. The highest BCUT2D eigenvalue weighted by molar-refractivity contribution is 9.10. The van der Waals surface area contributed by atoms with E-state index in [2.05, 4.69) is 15.9 Å². The SMILES string of the molecule is C[C@@H]1COC[C@H](C(=O)O)N1Cc1ccc(F)cc1Br. The van der Waals surface area contributed by atoms with Gasteiger partial charge < -0.3 is 9.84 Å². The smallest absolute Gasteiger partial charge is 0.323 e. The van der Waals surface area contributed by atoms with Gasteiger partial charge in [-0.3, -0.25) is 9.69 Å². The molecule has 0 aliphatic carbocycles.